The number of fused-ring (bicyclic) bond motifs is 2. The van der Waals surface area contributed by atoms with Crippen LogP contribution in [0.3, 0.4) is 0 Å². The lowest BCUT2D eigenvalue weighted by Crippen LogP contribution is -2.23. The van der Waals surface area contributed by atoms with Crippen LogP contribution in [0.25, 0.3) is 0 Å². The van der Waals surface area contributed by atoms with E-state index in [0.717, 1.165) is 22.3 Å². The predicted octanol–water partition coefficient (Wildman–Crippen LogP) is 5.16. The van der Waals surface area contributed by atoms with E-state index in [-0.39, 0.29) is 0 Å². The zero-order chi connectivity index (χ0) is 15.9. The quantitative estimate of drug-likeness (QED) is 0.549. The fourth-order valence-corrected chi connectivity index (χ4v) is 3.37. The molecule has 2 aromatic carbocycles. The third kappa shape index (κ3) is 2.71. The summed E-state index contributed by atoms with van der Waals surface area (Å²) in [7, 11) is 0. The molecule has 0 fully saturated rings. The number of esters is 1. The van der Waals surface area contributed by atoms with Gasteiger partial charge in [0.2, 0.25) is 0 Å². The highest BCUT2D eigenvalue weighted by Crippen LogP contribution is 2.44. The van der Waals surface area contributed by atoms with Crippen molar-refractivity contribution in [2.24, 2.45) is 0 Å². The van der Waals surface area contributed by atoms with Gasteiger partial charge in [-0.15, -0.1) is 11.6 Å². The molecule has 0 spiro atoms. The van der Waals surface area contributed by atoms with Crippen LogP contribution < -0.4 is 0 Å². The highest BCUT2D eigenvalue weighted by atomic mass is 35.5. The number of rotatable bonds is 2. The molecule has 3 rings (SSSR count). The molecule has 0 aromatic heterocycles. The molecule has 0 aliphatic heterocycles. The Kier molecular flexibility index (Phi) is 4.35. The number of carbonyl (C=O) groups excluding carboxylic acids is 1. The fourth-order valence-electron chi connectivity index (χ4n) is 2.74. The second-order valence-electron chi connectivity index (χ2n) is 5.23. The summed E-state index contributed by atoms with van der Waals surface area (Å²) in [5, 5.41) is 0.380. The summed E-state index contributed by atoms with van der Waals surface area (Å²) >= 11 is 18.5. The highest BCUT2D eigenvalue weighted by molar-refractivity contribution is 6.32. The van der Waals surface area contributed by atoms with Crippen LogP contribution in [0.1, 0.15) is 35.3 Å². The monoisotopic (exact) mass is 354 g/mol. The van der Waals surface area contributed by atoms with Crippen LogP contribution in [0, 0.1) is 0 Å². The van der Waals surface area contributed by atoms with Gasteiger partial charge in [0.25, 0.3) is 0 Å². The Bertz CT molecular complexity index is 689. The summed E-state index contributed by atoms with van der Waals surface area (Å²) < 4.78 is 5.63. The smallest absolute Gasteiger partial charge is 0.324 e. The second-order valence-corrected chi connectivity index (χ2v) is 6.70. The van der Waals surface area contributed by atoms with E-state index < -0.39 is 17.5 Å². The molecule has 2 aromatic rings. The van der Waals surface area contributed by atoms with Crippen LogP contribution in [0.15, 0.2) is 36.4 Å². The maximum Gasteiger partial charge on any atom is 0.324 e. The Hall–Kier alpha value is -1.22. The molecule has 22 heavy (non-hydrogen) atoms. The number of hydrogen-bond donors (Lipinski definition) is 0. The van der Waals surface area contributed by atoms with Crippen molar-refractivity contribution in [2.75, 3.05) is 0 Å². The van der Waals surface area contributed by atoms with Gasteiger partial charge < -0.3 is 4.74 Å². The van der Waals surface area contributed by atoms with E-state index in [1.807, 2.05) is 24.3 Å². The van der Waals surface area contributed by atoms with E-state index >= 15 is 0 Å². The molecule has 0 saturated carbocycles. The van der Waals surface area contributed by atoms with Gasteiger partial charge in [0.05, 0.1) is 0 Å². The molecule has 0 bridgehead atoms. The van der Waals surface area contributed by atoms with Gasteiger partial charge in [-0.3, -0.25) is 4.79 Å². The normalized spacial score (nSPS) is 14.9. The first-order valence-corrected chi connectivity index (χ1v) is 8.07. The van der Waals surface area contributed by atoms with Crippen LogP contribution in [-0.4, -0.2) is 11.3 Å². The standard InChI is InChI=1S/C17H13Cl3O2/c1-9(18)17(21)22-16-14-10(4-2-6-12(14)19)8-11-5-3-7-13(20)15(11)16/h2-7,9,16H,8H2,1H3. The van der Waals surface area contributed by atoms with Crippen molar-refractivity contribution in [1.82, 2.24) is 0 Å². The average Bonchev–Trinajstić information content (AvgIpc) is 2.46. The summed E-state index contributed by atoms with van der Waals surface area (Å²) in [5.41, 5.74) is 3.63. The van der Waals surface area contributed by atoms with Crippen molar-refractivity contribution >= 4 is 40.8 Å². The number of benzene rings is 2. The molecule has 1 atom stereocenters. The lowest BCUT2D eigenvalue weighted by molar-refractivity contribution is -0.146. The van der Waals surface area contributed by atoms with Crippen molar-refractivity contribution in [3.63, 3.8) is 0 Å². The van der Waals surface area contributed by atoms with Crippen molar-refractivity contribution in [1.29, 1.82) is 0 Å². The lowest BCUT2D eigenvalue weighted by Gasteiger charge is -2.30. The van der Waals surface area contributed by atoms with Crippen LogP contribution in [0.5, 0.6) is 0 Å². The van der Waals surface area contributed by atoms with Gasteiger partial charge in [0, 0.05) is 21.2 Å². The Labute approximate surface area is 143 Å². The fraction of sp³-hybridized carbons (Fsp3) is 0.235. The molecule has 5 heteroatoms. The van der Waals surface area contributed by atoms with Gasteiger partial charge in [-0.25, -0.2) is 0 Å². The van der Waals surface area contributed by atoms with E-state index in [4.69, 9.17) is 39.5 Å². The van der Waals surface area contributed by atoms with Gasteiger partial charge in [-0.1, -0.05) is 47.5 Å². The molecule has 0 saturated heterocycles. The zero-order valence-electron chi connectivity index (χ0n) is 11.8. The van der Waals surface area contributed by atoms with Gasteiger partial charge in [-0.05, 0) is 36.6 Å². The van der Waals surface area contributed by atoms with Gasteiger partial charge >= 0.3 is 5.97 Å². The van der Waals surface area contributed by atoms with Crippen LogP contribution >= 0.6 is 34.8 Å². The van der Waals surface area contributed by atoms with E-state index in [0.29, 0.717) is 16.5 Å². The minimum absolute atomic E-state index is 0.495. The molecule has 0 N–H and O–H groups in total. The molecular weight excluding hydrogens is 343 g/mol. The molecule has 2 nitrogen and oxygen atoms in total. The Morgan fingerprint density at radius 3 is 2.05 bits per heavy atom. The number of ether oxygens (including phenoxy) is 1. The average molecular weight is 356 g/mol. The number of halogens is 3. The third-order valence-corrected chi connectivity index (χ3v) is 4.59. The Balaban J connectivity index is 2.16. The first kappa shape index (κ1) is 15.7. The molecule has 0 radical (unpaired) electrons. The van der Waals surface area contributed by atoms with Gasteiger partial charge in [0.1, 0.15) is 5.38 Å². The van der Waals surface area contributed by atoms with Crippen LogP contribution in [0.2, 0.25) is 10.0 Å². The highest BCUT2D eigenvalue weighted by Gasteiger charge is 2.33. The predicted molar refractivity (Wildman–Crippen MR) is 89.0 cm³/mol. The first-order valence-electron chi connectivity index (χ1n) is 6.88. The number of carbonyl (C=O) groups is 1. The minimum Gasteiger partial charge on any atom is -0.451 e. The van der Waals surface area contributed by atoms with Crippen molar-refractivity contribution in [3.8, 4) is 0 Å². The van der Waals surface area contributed by atoms with E-state index in [1.54, 1.807) is 19.1 Å². The van der Waals surface area contributed by atoms with Crippen molar-refractivity contribution < 1.29 is 9.53 Å². The topological polar surface area (TPSA) is 26.3 Å². The van der Waals surface area contributed by atoms with Gasteiger partial charge in [-0.2, -0.15) is 0 Å². The molecule has 1 unspecified atom stereocenters. The van der Waals surface area contributed by atoms with E-state index in [2.05, 4.69) is 0 Å². The van der Waals surface area contributed by atoms with Gasteiger partial charge in [0.15, 0.2) is 6.10 Å². The first-order chi connectivity index (χ1) is 10.5. The van der Waals surface area contributed by atoms with E-state index in [1.165, 1.54) is 0 Å². The van der Waals surface area contributed by atoms with Crippen molar-refractivity contribution in [2.45, 2.75) is 24.8 Å². The zero-order valence-corrected chi connectivity index (χ0v) is 14.0. The lowest BCUT2D eigenvalue weighted by atomic mass is 9.83. The van der Waals surface area contributed by atoms with E-state index in [9.17, 15) is 4.79 Å². The SMILES string of the molecule is CC(Cl)C(=O)OC1c2c(Cl)cccc2Cc2cccc(Cl)c21. The molecule has 1 aliphatic rings. The molecule has 114 valence electrons. The second kappa shape index (κ2) is 6.11. The summed E-state index contributed by atoms with van der Waals surface area (Å²) in [6.07, 6.45) is 0.0749. The maximum absolute atomic E-state index is 12.0. The molecule has 1 aliphatic carbocycles. The summed E-state index contributed by atoms with van der Waals surface area (Å²) in [4.78, 5) is 12.0. The molecule has 0 amide bonds. The summed E-state index contributed by atoms with van der Waals surface area (Å²) in [5.74, 6) is -0.495. The van der Waals surface area contributed by atoms with Crippen LogP contribution in [0.4, 0.5) is 0 Å². The molecular formula is C17H13Cl3O2. The Morgan fingerprint density at radius 1 is 1.09 bits per heavy atom. The molecule has 0 heterocycles. The van der Waals surface area contributed by atoms with Crippen molar-refractivity contribution in [3.05, 3.63) is 68.7 Å². The third-order valence-electron chi connectivity index (χ3n) is 3.75. The van der Waals surface area contributed by atoms with Crippen LogP contribution in [-0.2, 0) is 16.0 Å². The maximum atomic E-state index is 12.0. The summed E-state index contributed by atoms with van der Waals surface area (Å²) in [6.45, 7) is 1.58. The largest absolute Gasteiger partial charge is 0.451 e. The number of hydrogen-bond acceptors (Lipinski definition) is 2. The number of alkyl halides is 1. The Morgan fingerprint density at radius 2 is 1.59 bits per heavy atom. The minimum atomic E-state index is -0.737. The summed E-state index contributed by atoms with van der Waals surface area (Å²) in [6, 6.07) is 11.3.